The van der Waals surface area contributed by atoms with Gasteiger partial charge in [-0.1, -0.05) is 0 Å². The summed E-state index contributed by atoms with van der Waals surface area (Å²) in [5.41, 5.74) is 0. The molecule has 1 atom stereocenters. The Bertz CT molecular complexity index is 275. The molecule has 1 unspecified atom stereocenters. The maximum absolute atomic E-state index is 11.6. The molecular formula is C12H21N3O2. The van der Waals surface area contributed by atoms with Crippen LogP contribution >= 0.6 is 0 Å². The van der Waals surface area contributed by atoms with Crippen LogP contribution < -0.4 is 5.32 Å². The lowest BCUT2D eigenvalue weighted by Gasteiger charge is -2.30. The fourth-order valence-corrected chi connectivity index (χ4v) is 2.01. The lowest BCUT2D eigenvalue weighted by molar-refractivity contribution is -0.122. The average Bonchev–Trinajstić information content (AvgIpc) is 2.35. The summed E-state index contributed by atoms with van der Waals surface area (Å²) in [6.07, 6.45) is 3.87. The molecule has 5 nitrogen and oxygen atoms in total. The number of piperidine rings is 1. The summed E-state index contributed by atoms with van der Waals surface area (Å²) in [6, 6.07) is 2.17. The molecule has 1 amide bonds. The molecule has 1 rings (SSSR count). The van der Waals surface area contributed by atoms with E-state index >= 15 is 0 Å². The molecule has 1 N–H and O–H groups in total. The van der Waals surface area contributed by atoms with E-state index in [1.807, 2.05) is 4.90 Å². The lowest BCUT2D eigenvalue weighted by atomic mass is 10.0. The van der Waals surface area contributed by atoms with Crippen LogP contribution in [0.3, 0.4) is 0 Å². The molecule has 0 aromatic heterocycles. The monoisotopic (exact) mass is 239 g/mol. The summed E-state index contributed by atoms with van der Waals surface area (Å²) in [4.78, 5) is 13.6. The second kappa shape index (κ2) is 8.04. The summed E-state index contributed by atoms with van der Waals surface area (Å²) < 4.78 is 4.90. The van der Waals surface area contributed by atoms with Crippen LogP contribution in [0.15, 0.2) is 0 Å². The van der Waals surface area contributed by atoms with E-state index in [-0.39, 0.29) is 11.9 Å². The van der Waals surface area contributed by atoms with Crippen molar-refractivity contribution in [2.24, 2.45) is 0 Å². The van der Waals surface area contributed by atoms with Crippen LogP contribution in [-0.4, -0.2) is 50.2 Å². The van der Waals surface area contributed by atoms with Gasteiger partial charge in [0.25, 0.3) is 0 Å². The van der Waals surface area contributed by atoms with Crippen LogP contribution in [0.2, 0.25) is 0 Å². The van der Waals surface area contributed by atoms with Crippen LogP contribution in [-0.2, 0) is 9.53 Å². The number of nitrogens with one attached hydrogen (secondary N) is 1. The average molecular weight is 239 g/mol. The van der Waals surface area contributed by atoms with Crippen molar-refractivity contribution in [3.05, 3.63) is 0 Å². The third-order valence-corrected chi connectivity index (χ3v) is 2.96. The largest absolute Gasteiger partial charge is 0.385 e. The number of carbonyl (C=O) groups is 1. The maximum Gasteiger partial charge on any atom is 0.234 e. The summed E-state index contributed by atoms with van der Waals surface area (Å²) >= 11 is 0. The van der Waals surface area contributed by atoms with Crippen LogP contribution in [0, 0.1) is 11.3 Å². The molecule has 5 heteroatoms. The van der Waals surface area contributed by atoms with Crippen molar-refractivity contribution >= 4 is 5.91 Å². The van der Waals surface area contributed by atoms with Gasteiger partial charge in [-0.05, 0) is 32.2 Å². The highest BCUT2D eigenvalue weighted by molar-refractivity contribution is 5.78. The quantitative estimate of drug-likeness (QED) is 0.686. The topological polar surface area (TPSA) is 65.4 Å². The number of hydrogen-bond donors (Lipinski definition) is 1. The minimum absolute atomic E-state index is 0.00301. The molecule has 1 heterocycles. The molecule has 96 valence electrons. The number of ether oxygens (including phenoxy) is 1. The maximum atomic E-state index is 11.6. The fourth-order valence-electron chi connectivity index (χ4n) is 2.01. The van der Waals surface area contributed by atoms with E-state index in [4.69, 9.17) is 10.00 Å². The number of hydrogen-bond acceptors (Lipinski definition) is 4. The van der Waals surface area contributed by atoms with Crippen molar-refractivity contribution in [1.82, 2.24) is 10.2 Å². The van der Waals surface area contributed by atoms with Crippen LogP contribution in [0.1, 0.15) is 25.7 Å². The van der Waals surface area contributed by atoms with Gasteiger partial charge in [-0.3, -0.25) is 9.69 Å². The molecule has 0 aliphatic carbocycles. The van der Waals surface area contributed by atoms with Crippen molar-refractivity contribution in [2.75, 3.05) is 33.4 Å². The van der Waals surface area contributed by atoms with Gasteiger partial charge >= 0.3 is 0 Å². The van der Waals surface area contributed by atoms with Crippen LogP contribution in [0.5, 0.6) is 0 Å². The summed E-state index contributed by atoms with van der Waals surface area (Å²) in [5, 5.41) is 11.8. The second-order valence-electron chi connectivity index (χ2n) is 4.31. The Morgan fingerprint density at radius 1 is 1.59 bits per heavy atom. The molecule has 0 saturated carbocycles. The lowest BCUT2D eigenvalue weighted by Crippen LogP contribution is -2.45. The molecule has 0 aromatic carbocycles. The molecule has 0 bridgehead atoms. The van der Waals surface area contributed by atoms with Gasteiger partial charge in [0.1, 0.15) is 0 Å². The van der Waals surface area contributed by atoms with E-state index in [0.29, 0.717) is 19.7 Å². The molecule has 17 heavy (non-hydrogen) atoms. The third kappa shape index (κ3) is 5.16. The van der Waals surface area contributed by atoms with Crippen molar-refractivity contribution in [3.63, 3.8) is 0 Å². The van der Waals surface area contributed by atoms with Crippen molar-refractivity contribution in [2.45, 2.75) is 31.7 Å². The molecule has 1 aliphatic heterocycles. The zero-order valence-electron chi connectivity index (χ0n) is 10.4. The highest BCUT2D eigenvalue weighted by atomic mass is 16.5. The van der Waals surface area contributed by atoms with Crippen molar-refractivity contribution in [3.8, 4) is 6.07 Å². The first-order valence-electron chi connectivity index (χ1n) is 6.17. The normalized spacial score (nSPS) is 20.8. The number of methoxy groups -OCH3 is 1. The highest BCUT2D eigenvalue weighted by Crippen LogP contribution is 2.15. The van der Waals surface area contributed by atoms with E-state index < -0.39 is 0 Å². The zero-order chi connectivity index (χ0) is 12.5. The summed E-state index contributed by atoms with van der Waals surface area (Å²) in [5.74, 6) is 0.00301. The van der Waals surface area contributed by atoms with Crippen LogP contribution in [0.4, 0.5) is 0 Å². The molecule has 1 fully saturated rings. The number of amides is 1. The van der Waals surface area contributed by atoms with E-state index in [1.54, 1.807) is 7.11 Å². The Hall–Kier alpha value is -1.12. The second-order valence-corrected chi connectivity index (χ2v) is 4.31. The molecule has 1 aliphatic rings. The Labute approximate surface area is 103 Å². The predicted molar refractivity (Wildman–Crippen MR) is 64.3 cm³/mol. The standard InChI is InChI=1S/C12H21N3O2/c1-17-8-4-6-14-12(16)10-15-7-3-2-5-11(15)9-13/h11H,2-8,10H2,1H3,(H,14,16). The molecule has 0 spiro atoms. The Balaban J connectivity index is 2.22. The number of nitriles is 1. The smallest absolute Gasteiger partial charge is 0.234 e. The van der Waals surface area contributed by atoms with Gasteiger partial charge in [-0.25, -0.2) is 0 Å². The number of likely N-dealkylation sites (tertiary alicyclic amines) is 1. The number of nitrogens with zero attached hydrogens (tertiary/aromatic N) is 2. The van der Waals surface area contributed by atoms with E-state index in [0.717, 1.165) is 32.2 Å². The van der Waals surface area contributed by atoms with E-state index in [2.05, 4.69) is 11.4 Å². The van der Waals surface area contributed by atoms with Crippen molar-refractivity contribution < 1.29 is 9.53 Å². The van der Waals surface area contributed by atoms with Gasteiger partial charge in [-0.15, -0.1) is 0 Å². The molecule has 0 radical (unpaired) electrons. The minimum atomic E-state index is -0.0894. The summed E-state index contributed by atoms with van der Waals surface area (Å²) in [7, 11) is 1.65. The number of carbonyl (C=O) groups excluding carboxylic acids is 1. The van der Waals surface area contributed by atoms with Gasteiger partial charge in [0, 0.05) is 20.3 Å². The number of rotatable bonds is 6. The summed E-state index contributed by atoms with van der Waals surface area (Å²) in [6.45, 7) is 2.48. The third-order valence-electron chi connectivity index (χ3n) is 2.96. The molecule has 1 saturated heterocycles. The Kier molecular flexibility index (Phi) is 6.60. The van der Waals surface area contributed by atoms with Gasteiger partial charge < -0.3 is 10.1 Å². The van der Waals surface area contributed by atoms with Gasteiger partial charge in [0.05, 0.1) is 18.7 Å². The first kappa shape index (κ1) is 13.9. The molecule has 0 aromatic rings. The first-order valence-corrected chi connectivity index (χ1v) is 6.17. The first-order chi connectivity index (χ1) is 8.27. The SMILES string of the molecule is COCCCNC(=O)CN1CCCCC1C#N. The van der Waals surface area contributed by atoms with Crippen LogP contribution in [0.25, 0.3) is 0 Å². The fraction of sp³-hybridized carbons (Fsp3) is 0.833. The van der Waals surface area contributed by atoms with Gasteiger partial charge in [0.15, 0.2) is 0 Å². The minimum Gasteiger partial charge on any atom is -0.385 e. The van der Waals surface area contributed by atoms with E-state index in [9.17, 15) is 4.79 Å². The van der Waals surface area contributed by atoms with Gasteiger partial charge in [0.2, 0.25) is 5.91 Å². The zero-order valence-corrected chi connectivity index (χ0v) is 10.4. The molecular weight excluding hydrogens is 218 g/mol. The highest BCUT2D eigenvalue weighted by Gasteiger charge is 2.23. The van der Waals surface area contributed by atoms with E-state index in [1.165, 1.54) is 0 Å². The predicted octanol–water partition coefficient (Wildman–Crippen LogP) is 0.517. The Morgan fingerprint density at radius 3 is 3.12 bits per heavy atom. The van der Waals surface area contributed by atoms with Gasteiger partial charge in [-0.2, -0.15) is 5.26 Å². The Morgan fingerprint density at radius 2 is 2.41 bits per heavy atom. The van der Waals surface area contributed by atoms with Crippen molar-refractivity contribution in [1.29, 1.82) is 5.26 Å².